The second-order valence-corrected chi connectivity index (χ2v) is 10.3. The molecular weight excluding hydrogens is 480 g/mol. The van der Waals surface area contributed by atoms with Gasteiger partial charge in [0.2, 0.25) is 0 Å². The number of ether oxygens (including phenoxy) is 3. The summed E-state index contributed by atoms with van der Waals surface area (Å²) in [6, 6.07) is 8.52. The summed E-state index contributed by atoms with van der Waals surface area (Å²) in [4.78, 5) is 24.2. The topological polar surface area (TPSA) is 141 Å². The zero-order valence-electron chi connectivity index (χ0n) is 19.1. The van der Waals surface area contributed by atoms with Gasteiger partial charge in [0.05, 0.1) is 25.0 Å². The summed E-state index contributed by atoms with van der Waals surface area (Å²) in [6.45, 7) is 3.48. The third-order valence-corrected chi connectivity index (χ3v) is 7.32. The van der Waals surface area contributed by atoms with E-state index in [9.17, 15) is 13.8 Å². The van der Waals surface area contributed by atoms with Gasteiger partial charge < -0.3 is 24.5 Å². The van der Waals surface area contributed by atoms with Gasteiger partial charge in [0.1, 0.15) is 23.9 Å². The molecule has 35 heavy (non-hydrogen) atoms. The number of fused-ring (bicyclic) bond motifs is 1. The van der Waals surface area contributed by atoms with Crippen molar-refractivity contribution in [2.24, 2.45) is 5.92 Å². The summed E-state index contributed by atoms with van der Waals surface area (Å²) in [5.41, 5.74) is 6.38. The van der Waals surface area contributed by atoms with Gasteiger partial charge in [0.15, 0.2) is 29.8 Å². The predicted octanol–water partition coefficient (Wildman–Crippen LogP) is 3.65. The van der Waals surface area contributed by atoms with Crippen molar-refractivity contribution in [3.8, 4) is 5.75 Å². The molecule has 11 nitrogen and oxygen atoms in total. The number of nitrogens with zero attached hydrogens (tertiary/aromatic N) is 4. The Hall–Kier alpha value is -3.34. The SMILES string of the molecule is CCOC(=O)[C@H](C)C[P@](=O)(COC1C=C(F)[C@H](n2cnc3c(N)ncnc32)O1)Oc1ccccc1. The molecule has 1 aliphatic heterocycles. The van der Waals surface area contributed by atoms with Crippen molar-refractivity contribution < 1.29 is 32.5 Å². The van der Waals surface area contributed by atoms with Crippen molar-refractivity contribution in [3.05, 3.63) is 54.9 Å². The van der Waals surface area contributed by atoms with Gasteiger partial charge in [0.25, 0.3) is 7.37 Å². The number of carbonyl (C=O) groups excluding carboxylic acids is 1. The van der Waals surface area contributed by atoms with E-state index in [-0.39, 0.29) is 24.2 Å². The average Bonchev–Trinajstić information content (AvgIpc) is 3.42. The highest BCUT2D eigenvalue weighted by atomic mass is 31.2. The molecule has 4 rings (SSSR count). The predicted molar refractivity (Wildman–Crippen MR) is 124 cm³/mol. The molecule has 0 bridgehead atoms. The third-order valence-electron chi connectivity index (χ3n) is 5.13. The maximum absolute atomic E-state index is 14.8. The number of halogens is 1. The highest BCUT2D eigenvalue weighted by molar-refractivity contribution is 7.59. The van der Waals surface area contributed by atoms with Crippen LogP contribution in [0, 0.1) is 5.92 Å². The fraction of sp³-hybridized carbons (Fsp3) is 0.364. The molecule has 0 saturated heterocycles. The maximum atomic E-state index is 14.8. The number of imidazole rings is 1. The van der Waals surface area contributed by atoms with E-state index in [1.54, 1.807) is 44.2 Å². The van der Waals surface area contributed by atoms with Crippen molar-refractivity contribution >= 4 is 30.3 Å². The Morgan fingerprint density at radius 3 is 2.80 bits per heavy atom. The van der Waals surface area contributed by atoms with Crippen molar-refractivity contribution in [1.29, 1.82) is 0 Å². The van der Waals surface area contributed by atoms with Crippen LogP contribution in [0.1, 0.15) is 20.1 Å². The van der Waals surface area contributed by atoms with Crippen LogP contribution >= 0.6 is 7.37 Å². The maximum Gasteiger partial charge on any atom is 0.309 e. The van der Waals surface area contributed by atoms with E-state index in [4.69, 9.17) is 24.5 Å². The lowest BCUT2D eigenvalue weighted by Gasteiger charge is -2.23. The van der Waals surface area contributed by atoms with Gasteiger partial charge in [-0.2, -0.15) is 0 Å². The van der Waals surface area contributed by atoms with Gasteiger partial charge in [0, 0.05) is 6.08 Å². The van der Waals surface area contributed by atoms with Gasteiger partial charge in [-0.1, -0.05) is 25.1 Å². The Kier molecular flexibility index (Phi) is 7.44. The Labute approximate surface area is 200 Å². The molecule has 0 amide bonds. The lowest BCUT2D eigenvalue weighted by molar-refractivity contribution is -0.146. The van der Waals surface area contributed by atoms with E-state index >= 15 is 0 Å². The Bertz CT molecular complexity index is 1270. The normalized spacial score (nSPS) is 20.3. The number of nitrogens with two attached hydrogens (primary N) is 1. The largest absolute Gasteiger partial charge is 0.466 e. The van der Waals surface area contributed by atoms with Crippen LogP contribution in [0.3, 0.4) is 0 Å². The van der Waals surface area contributed by atoms with Crippen molar-refractivity contribution in [2.75, 3.05) is 24.9 Å². The van der Waals surface area contributed by atoms with Crippen molar-refractivity contribution in [1.82, 2.24) is 19.5 Å². The Morgan fingerprint density at radius 1 is 1.29 bits per heavy atom. The van der Waals surface area contributed by atoms with Crippen LogP contribution in [0.5, 0.6) is 5.75 Å². The molecule has 2 aromatic heterocycles. The molecule has 0 saturated carbocycles. The second kappa shape index (κ2) is 10.5. The summed E-state index contributed by atoms with van der Waals surface area (Å²) in [5, 5.41) is 0. The molecule has 0 radical (unpaired) electrons. The molecule has 1 aliphatic rings. The molecule has 0 spiro atoms. The van der Waals surface area contributed by atoms with Crippen LogP contribution in [-0.2, 0) is 23.6 Å². The van der Waals surface area contributed by atoms with Crippen LogP contribution < -0.4 is 10.3 Å². The van der Waals surface area contributed by atoms with Gasteiger partial charge in [-0.05, 0) is 19.1 Å². The minimum atomic E-state index is -3.58. The number of anilines is 1. The molecule has 1 unspecified atom stereocenters. The molecule has 0 aliphatic carbocycles. The molecule has 4 atom stereocenters. The minimum absolute atomic E-state index is 0.134. The van der Waals surface area contributed by atoms with Crippen LogP contribution in [-0.4, -0.2) is 50.9 Å². The Balaban J connectivity index is 1.47. The first kappa shape index (κ1) is 24.8. The molecule has 186 valence electrons. The van der Waals surface area contributed by atoms with E-state index in [1.807, 2.05) is 0 Å². The quantitative estimate of drug-likeness (QED) is 0.321. The fourth-order valence-electron chi connectivity index (χ4n) is 3.52. The van der Waals surface area contributed by atoms with E-state index in [0.29, 0.717) is 11.3 Å². The summed E-state index contributed by atoms with van der Waals surface area (Å²) in [7, 11) is -3.58. The summed E-state index contributed by atoms with van der Waals surface area (Å²) < 4.78 is 51.9. The third kappa shape index (κ3) is 5.67. The van der Waals surface area contributed by atoms with E-state index in [1.165, 1.54) is 17.2 Å². The molecule has 3 aromatic rings. The Morgan fingerprint density at radius 2 is 2.06 bits per heavy atom. The number of benzene rings is 1. The first-order chi connectivity index (χ1) is 16.8. The highest BCUT2D eigenvalue weighted by Gasteiger charge is 2.36. The number of nitrogen functional groups attached to an aromatic ring is 1. The number of hydrogen-bond donors (Lipinski definition) is 1. The van der Waals surface area contributed by atoms with Crippen molar-refractivity contribution in [3.63, 3.8) is 0 Å². The smallest absolute Gasteiger partial charge is 0.309 e. The molecule has 13 heteroatoms. The number of hydrogen-bond acceptors (Lipinski definition) is 10. The number of esters is 1. The number of para-hydroxylation sites is 1. The zero-order chi connectivity index (χ0) is 25.0. The van der Waals surface area contributed by atoms with E-state index in [2.05, 4.69) is 15.0 Å². The molecule has 0 fully saturated rings. The minimum Gasteiger partial charge on any atom is -0.466 e. The number of rotatable bonds is 10. The van der Waals surface area contributed by atoms with E-state index in [0.717, 1.165) is 6.08 Å². The lowest BCUT2D eigenvalue weighted by Crippen LogP contribution is -2.22. The summed E-state index contributed by atoms with van der Waals surface area (Å²) >= 11 is 0. The lowest BCUT2D eigenvalue weighted by atomic mass is 10.2. The van der Waals surface area contributed by atoms with Crippen LogP contribution in [0.4, 0.5) is 10.2 Å². The molecule has 1 aromatic carbocycles. The van der Waals surface area contributed by atoms with Crippen molar-refractivity contribution in [2.45, 2.75) is 26.4 Å². The van der Waals surface area contributed by atoms with Crippen LogP contribution in [0.15, 0.2) is 54.9 Å². The van der Waals surface area contributed by atoms with Crippen LogP contribution in [0.2, 0.25) is 0 Å². The van der Waals surface area contributed by atoms with Gasteiger partial charge in [-0.3, -0.25) is 13.9 Å². The molecule has 2 N–H and O–H groups in total. The second-order valence-electron chi connectivity index (χ2n) is 7.84. The van der Waals surface area contributed by atoms with Gasteiger partial charge in [-0.25, -0.2) is 19.3 Å². The zero-order valence-corrected chi connectivity index (χ0v) is 20.0. The van der Waals surface area contributed by atoms with Crippen LogP contribution in [0.25, 0.3) is 11.2 Å². The van der Waals surface area contributed by atoms with E-state index < -0.39 is 43.9 Å². The summed E-state index contributed by atoms with van der Waals surface area (Å²) in [6.07, 6.45) is 0.762. The standard InChI is InChI=1S/C22H25FN5O6P/c1-3-31-22(29)14(2)10-35(30,34-15-7-5-4-6-8-15)13-32-17-9-16(23)21(33-17)28-12-27-18-19(24)25-11-26-20(18)28/h4-9,11-12,14,17,21H,3,10,13H2,1-2H3,(H2,24,25,26)/t14-,17?,21-,35-/m1/s1. The number of carbonyl (C=O) groups is 1. The first-order valence-electron chi connectivity index (χ1n) is 10.9. The van der Waals surface area contributed by atoms with Gasteiger partial charge in [-0.15, -0.1) is 0 Å². The molecular formula is C22H25FN5O6P. The molecule has 3 heterocycles. The highest BCUT2D eigenvalue weighted by Crippen LogP contribution is 2.49. The average molecular weight is 505 g/mol. The number of aromatic nitrogens is 4. The van der Waals surface area contributed by atoms with Gasteiger partial charge >= 0.3 is 5.97 Å². The monoisotopic (exact) mass is 505 g/mol. The first-order valence-corrected chi connectivity index (χ1v) is 12.9. The summed E-state index contributed by atoms with van der Waals surface area (Å²) in [5.74, 6) is -1.35. The fourth-order valence-corrected chi connectivity index (χ4v) is 5.62.